The van der Waals surface area contributed by atoms with Crippen LogP contribution in [0.25, 0.3) is 22.7 Å². The average molecular weight is 636 g/mol. The molecule has 220 valence electrons. The Labute approximate surface area is 260 Å². The first-order valence-electron chi connectivity index (χ1n) is 13.2. The van der Waals surface area contributed by atoms with Crippen molar-refractivity contribution < 1.29 is 17.9 Å². The van der Waals surface area contributed by atoms with Crippen LogP contribution in [0.15, 0.2) is 91.1 Å². The standard InChI is InChI=1S/C32H28Cl2N4O4S/c1-21-8-12-23-5-3-7-29(32(23)36-21)42-20-26-27(33)15-16-28(31(26)34)38-18-4-6-25(38)19-35-30(39)17-11-22-9-13-24(14-10-22)37-43(2,40)41/h3-18,37H,19-20H2,1-2H3,(H,35,39). The number of anilines is 1. The van der Waals surface area contributed by atoms with E-state index >= 15 is 0 Å². The Balaban J connectivity index is 1.27. The van der Waals surface area contributed by atoms with E-state index in [0.29, 0.717) is 32.7 Å². The molecule has 43 heavy (non-hydrogen) atoms. The molecule has 11 heteroatoms. The van der Waals surface area contributed by atoms with E-state index in [1.165, 1.54) is 6.08 Å². The van der Waals surface area contributed by atoms with Crippen LogP contribution < -0.4 is 14.8 Å². The molecular formula is C32H28Cl2N4O4S. The van der Waals surface area contributed by atoms with Gasteiger partial charge in [-0.05, 0) is 67.1 Å². The van der Waals surface area contributed by atoms with Crippen LogP contribution in [-0.4, -0.2) is 30.1 Å². The maximum absolute atomic E-state index is 12.5. The lowest BCUT2D eigenvalue weighted by atomic mass is 10.1. The van der Waals surface area contributed by atoms with Crippen LogP contribution in [0.1, 0.15) is 22.5 Å². The van der Waals surface area contributed by atoms with Crippen molar-refractivity contribution in [2.75, 3.05) is 11.0 Å². The number of nitrogens with zero attached hydrogens (tertiary/aromatic N) is 2. The van der Waals surface area contributed by atoms with Gasteiger partial charge >= 0.3 is 0 Å². The summed E-state index contributed by atoms with van der Waals surface area (Å²) in [6.45, 7) is 2.32. The van der Waals surface area contributed by atoms with Gasteiger partial charge < -0.3 is 14.6 Å². The fourth-order valence-corrected chi connectivity index (χ4v) is 5.60. The van der Waals surface area contributed by atoms with Crippen LogP contribution in [0, 0.1) is 6.92 Å². The summed E-state index contributed by atoms with van der Waals surface area (Å²) in [5.74, 6) is 0.346. The van der Waals surface area contributed by atoms with Gasteiger partial charge in [0.1, 0.15) is 17.9 Å². The van der Waals surface area contributed by atoms with Gasteiger partial charge in [0, 0.05) is 45.3 Å². The zero-order chi connectivity index (χ0) is 30.6. The van der Waals surface area contributed by atoms with E-state index in [9.17, 15) is 13.2 Å². The number of benzene rings is 3. The van der Waals surface area contributed by atoms with Crippen LogP contribution in [0.5, 0.6) is 5.75 Å². The zero-order valence-corrected chi connectivity index (χ0v) is 25.7. The summed E-state index contributed by atoms with van der Waals surface area (Å²) in [6.07, 6.45) is 6.01. The second-order valence-corrected chi connectivity index (χ2v) is 12.4. The highest BCUT2D eigenvalue weighted by atomic mass is 35.5. The SMILES string of the molecule is Cc1ccc2cccc(OCc3c(Cl)ccc(-n4cccc4CNC(=O)C=Cc4ccc(NS(C)(=O)=O)cc4)c3Cl)c2n1. The minimum atomic E-state index is -3.36. The van der Waals surface area contributed by atoms with Crippen molar-refractivity contribution >= 4 is 61.8 Å². The maximum atomic E-state index is 12.5. The number of sulfonamides is 1. The number of aromatic nitrogens is 2. The molecule has 0 saturated heterocycles. The molecular weight excluding hydrogens is 607 g/mol. The largest absolute Gasteiger partial charge is 0.487 e. The molecule has 0 aliphatic heterocycles. The van der Waals surface area contributed by atoms with Crippen molar-refractivity contribution in [3.8, 4) is 11.4 Å². The monoisotopic (exact) mass is 634 g/mol. The van der Waals surface area contributed by atoms with Gasteiger partial charge in [-0.15, -0.1) is 0 Å². The van der Waals surface area contributed by atoms with Crippen LogP contribution in [0.3, 0.4) is 0 Å². The van der Waals surface area contributed by atoms with E-state index in [4.69, 9.17) is 27.9 Å². The normalized spacial score (nSPS) is 11.6. The Morgan fingerprint density at radius 3 is 2.56 bits per heavy atom. The number of carbonyl (C=O) groups is 1. The van der Waals surface area contributed by atoms with Gasteiger partial charge in [0.25, 0.3) is 0 Å². The van der Waals surface area contributed by atoms with Crippen molar-refractivity contribution in [2.24, 2.45) is 0 Å². The molecule has 0 fully saturated rings. The maximum Gasteiger partial charge on any atom is 0.244 e. The predicted molar refractivity (Wildman–Crippen MR) is 172 cm³/mol. The minimum absolute atomic E-state index is 0.143. The fourth-order valence-electron chi connectivity index (χ4n) is 4.47. The Morgan fingerprint density at radius 1 is 1.00 bits per heavy atom. The van der Waals surface area contributed by atoms with Gasteiger partial charge in [0.05, 0.1) is 23.5 Å². The van der Waals surface area contributed by atoms with Crippen LogP contribution in [0.2, 0.25) is 10.0 Å². The summed E-state index contributed by atoms with van der Waals surface area (Å²) in [5.41, 5.74) is 4.99. The van der Waals surface area contributed by atoms with Crippen molar-refractivity contribution in [2.45, 2.75) is 20.1 Å². The highest BCUT2D eigenvalue weighted by Gasteiger charge is 2.16. The zero-order valence-electron chi connectivity index (χ0n) is 23.3. The van der Waals surface area contributed by atoms with Gasteiger partial charge in [-0.3, -0.25) is 9.52 Å². The van der Waals surface area contributed by atoms with E-state index in [2.05, 4.69) is 15.0 Å². The molecule has 2 aromatic heterocycles. The van der Waals surface area contributed by atoms with Crippen molar-refractivity contribution in [1.29, 1.82) is 0 Å². The quantitative estimate of drug-likeness (QED) is 0.162. The summed E-state index contributed by atoms with van der Waals surface area (Å²) in [4.78, 5) is 17.2. The molecule has 0 radical (unpaired) electrons. The van der Waals surface area contributed by atoms with Gasteiger partial charge in [-0.2, -0.15) is 0 Å². The number of halogens is 2. The average Bonchev–Trinajstić information content (AvgIpc) is 3.43. The first kappa shape index (κ1) is 30.2. The molecule has 0 bridgehead atoms. The highest BCUT2D eigenvalue weighted by Crippen LogP contribution is 2.33. The number of amides is 1. The number of aryl methyl sites for hydroxylation is 1. The molecule has 0 saturated carbocycles. The third kappa shape index (κ3) is 7.56. The van der Waals surface area contributed by atoms with E-state index in [1.807, 2.05) is 66.2 Å². The van der Waals surface area contributed by atoms with E-state index in [1.54, 1.807) is 36.4 Å². The van der Waals surface area contributed by atoms with Gasteiger partial charge in [-0.25, -0.2) is 13.4 Å². The molecule has 2 heterocycles. The molecule has 0 aliphatic rings. The second-order valence-electron chi connectivity index (χ2n) is 9.85. The number of carbonyl (C=O) groups excluding carboxylic acids is 1. The van der Waals surface area contributed by atoms with Crippen molar-refractivity contribution in [3.05, 3.63) is 124 Å². The fraction of sp³-hybridized carbons (Fsp3) is 0.125. The first-order chi connectivity index (χ1) is 20.6. The Bertz CT molecular complexity index is 1940. The Morgan fingerprint density at radius 2 is 1.79 bits per heavy atom. The molecule has 0 aliphatic carbocycles. The molecule has 0 atom stereocenters. The topological polar surface area (TPSA) is 102 Å². The van der Waals surface area contributed by atoms with E-state index in [-0.39, 0.29) is 19.1 Å². The summed E-state index contributed by atoms with van der Waals surface area (Å²) in [6, 6.07) is 23.8. The van der Waals surface area contributed by atoms with Crippen LogP contribution in [-0.2, 0) is 28.0 Å². The lowest BCUT2D eigenvalue weighted by Crippen LogP contribution is -2.21. The lowest BCUT2D eigenvalue weighted by Gasteiger charge is -2.16. The summed E-state index contributed by atoms with van der Waals surface area (Å²) < 4.78 is 33.2. The molecule has 0 spiro atoms. The third-order valence-electron chi connectivity index (χ3n) is 6.54. The number of fused-ring (bicyclic) bond motifs is 1. The summed E-state index contributed by atoms with van der Waals surface area (Å²) in [5, 5.41) is 4.77. The second kappa shape index (κ2) is 12.9. The predicted octanol–water partition coefficient (Wildman–Crippen LogP) is 6.92. The van der Waals surface area contributed by atoms with Gasteiger partial charge in [0.15, 0.2) is 0 Å². The number of rotatable bonds is 10. The smallest absolute Gasteiger partial charge is 0.244 e. The van der Waals surface area contributed by atoms with Crippen LogP contribution >= 0.6 is 23.2 Å². The van der Waals surface area contributed by atoms with Crippen molar-refractivity contribution in [1.82, 2.24) is 14.9 Å². The number of para-hydroxylation sites is 1. The Kier molecular flexibility index (Phi) is 9.05. The van der Waals surface area contributed by atoms with Gasteiger partial charge in [-0.1, -0.05) is 53.5 Å². The number of pyridine rings is 1. The highest BCUT2D eigenvalue weighted by molar-refractivity contribution is 7.92. The molecule has 2 N–H and O–H groups in total. The summed E-state index contributed by atoms with van der Waals surface area (Å²) in [7, 11) is -3.36. The molecule has 1 amide bonds. The number of ether oxygens (including phenoxy) is 1. The molecule has 3 aromatic carbocycles. The molecule has 5 rings (SSSR count). The van der Waals surface area contributed by atoms with Gasteiger partial charge in [0.2, 0.25) is 15.9 Å². The molecule has 5 aromatic rings. The summed E-state index contributed by atoms with van der Waals surface area (Å²) >= 11 is 13.4. The van der Waals surface area contributed by atoms with E-state index in [0.717, 1.165) is 34.1 Å². The van der Waals surface area contributed by atoms with E-state index < -0.39 is 10.0 Å². The first-order valence-corrected chi connectivity index (χ1v) is 15.9. The lowest BCUT2D eigenvalue weighted by molar-refractivity contribution is -0.116. The third-order valence-corrected chi connectivity index (χ3v) is 7.92. The molecule has 8 nitrogen and oxygen atoms in total. The number of hydrogen-bond donors (Lipinski definition) is 2. The Hall–Kier alpha value is -4.31. The number of hydrogen-bond acceptors (Lipinski definition) is 5. The molecule has 0 unspecified atom stereocenters. The van der Waals surface area contributed by atoms with Crippen LogP contribution in [0.4, 0.5) is 5.69 Å². The van der Waals surface area contributed by atoms with Crippen molar-refractivity contribution in [3.63, 3.8) is 0 Å². The number of nitrogens with one attached hydrogen (secondary N) is 2. The minimum Gasteiger partial charge on any atom is -0.487 e.